The van der Waals surface area contributed by atoms with Crippen LogP contribution in [0.15, 0.2) is 0 Å². The average Bonchev–Trinajstić information content (AvgIpc) is 2.98. The van der Waals surface area contributed by atoms with Gasteiger partial charge in [0.15, 0.2) is 0 Å². The Balaban J connectivity index is 0.00000110. The van der Waals surface area contributed by atoms with Gasteiger partial charge < -0.3 is 10.2 Å². The Bertz CT molecular complexity index is 318. The maximum atomic E-state index is 12.5. The van der Waals surface area contributed by atoms with Crippen LogP contribution in [0.1, 0.15) is 44.9 Å². The van der Waals surface area contributed by atoms with Crippen LogP contribution in [0, 0.1) is 0 Å². The SMILES string of the molecule is Cl.Cl.O=C(C1CCCCN1)N1CCC(N2CCCCC2)C1. The molecule has 0 saturated carbocycles. The highest BCUT2D eigenvalue weighted by molar-refractivity contribution is 5.85. The minimum absolute atomic E-state index is 0. The van der Waals surface area contributed by atoms with Crippen LogP contribution in [-0.4, -0.2) is 60.5 Å². The highest BCUT2D eigenvalue weighted by Crippen LogP contribution is 2.21. The monoisotopic (exact) mass is 337 g/mol. The molecule has 1 amide bonds. The lowest BCUT2D eigenvalue weighted by Gasteiger charge is -2.32. The van der Waals surface area contributed by atoms with E-state index < -0.39 is 0 Å². The van der Waals surface area contributed by atoms with Gasteiger partial charge in [-0.1, -0.05) is 12.8 Å². The fourth-order valence-corrected chi connectivity index (χ4v) is 3.81. The van der Waals surface area contributed by atoms with E-state index in [-0.39, 0.29) is 30.9 Å². The van der Waals surface area contributed by atoms with Crippen molar-refractivity contribution in [2.24, 2.45) is 0 Å². The third-order valence-electron chi connectivity index (χ3n) is 4.99. The summed E-state index contributed by atoms with van der Waals surface area (Å²) in [4.78, 5) is 17.2. The molecule has 0 radical (unpaired) electrons. The van der Waals surface area contributed by atoms with Crippen LogP contribution >= 0.6 is 24.8 Å². The van der Waals surface area contributed by atoms with Gasteiger partial charge in [0.05, 0.1) is 6.04 Å². The minimum Gasteiger partial charge on any atom is -0.340 e. The van der Waals surface area contributed by atoms with Gasteiger partial charge in [-0.3, -0.25) is 9.69 Å². The molecule has 6 heteroatoms. The molecule has 1 N–H and O–H groups in total. The molecule has 0 bridgehead atoms. The summed E-state index contributed by atoms with van der Waals surface area (Å²) in [5.74, 6) is 0.360. The maximum absolute atomic E-state index is 12.5. The van der Waals surface area contributed by atoms with Crippen LogP contribution in [0.25, 0.3) is 0 Å². The average molecular weight is 338 g/mol. The van der Waals surface area contributed by atoms with Gasteiger partial charge in [0.1, 0.15) is 0 Å². The first-order chi connectivity index (χ1) is 9.34. The number of nitrogens with zero attached hydrogens (tertiary/aromatic N) is 2. The van der Waals surface area contributed by atoms with E-state index in [0.717, 1.165) is 26.1 Å². The van der Waals surface area contributed by atoms with Crippen LogP contribution in [0.5, 0.6) is 0 Å². The van der Waals surface area contributed by atoms with Crippen molar-refractivity contribution < 1.29 is 4.79 Å². The summed E-state index contributed by atoms with van der Waals surface area (Å²) in [6.45, 7) is 5.44. The van der Waals surface area contributed by atoms with Crippen molar-refractivity contribution in [1.29, 1.82) is 0 Å². The molecule has 0 aromatic rings. The van der Waals surface area contributed by atoms with Gasteiger partial charge in [-0.2, -0.15) is 0 Å². The molecular weight excluding hydrogens is 309 g/mol. The predicted molar refractivity (Wildman–Crippen MR) is 90.5 cm³/mol. The molecule has 2 unspecified atom stereocenters. The lowest BCUT2D eigenvalue weighted by molar-refractivity contribution is -0.133. The fourth-order valence-electron chi connectivity index (χ4n) is 3.81. The third kappa shape index (κ3) is 4.72. The quantitative estimate of drug-likeness (QED) is 0.837. The molecule has 4 nitrogen and oxygen atoms in total. The normalized spacial score (nSPS) is 30.4. The largest absolute Gasteiger partial charge is 0.340 e. The molecule has 21 heavy (non-hydrogen) atoms. The Morgan fingerprint density at radius 1 is 0.905 bits per heavy atom. The van der Waals surface area contributed by atoms with E-state index in [0.29, 0.717) is 11.9 Å². The number of likely N-dealkylation sites (tertiary alicyclic amines) is 2. The molecule has 2 atom stereocenters. The van der Waals surface area contributed by atoms with Crippen molar-refractivity contribution in [2.45, 2.75) is 57.0 Å². The summed E-state index contributed by atoms with van der Waals surface area (Å²) in [5.41, 5.74) is 0. The summed E-state index contributed by atoms with van der Waals surface area (Å²) >= 11 is 0. The maximum Gasteiger partial charge on any atom is 0.239 e. The molecule has 3 aliphatic rings. The van der Waals surface area contributed by atoms with Crippen molar-refractivity contribution in [3.8, 4) is 0 Å². The molecule has 3 saturated heterocycles. The van der Waals surface area contributed by atoms with Gasteiger partial charge in [-0.15, -0.1) is 24.8 Å². The number of amides is 1. The van der Waals surface area contributed by atoms with Gasteiger partial charge in [-0.05, 0) is 51.7 Å². The molecule has 124 valence electrons. The molecule has 0 aliphatic carbocycles. The van der Waals surface area contributed by atoms with Crippen molar-refractivity contribution in [3.05, 3.63) is 0 Å². The number of carbonyl (C=O) groups excluding carboxylic acids is 1. The van der Waals surface area contributed by atoms with E-state index in [1.54, 1.807) is 0 Å². The Morgan fingerprint density at radius 2 is 1.67 bits per heavy atom. The Morgan fingerprint density at radius 3 is 2.33 bits per heavy atom. The Kier molecular flexibility index (Phi) is 8.32. The van der Waals surface area contributed by atoms with Gasteiger partial charge in [0, 0.05) is 19.1 Å². The second-order valence-electron chi connectivity index (χ2n) is 6.33. The first kappa shape index (κ1) is 19.0. The van der Waals surface area contributed by atoms with Crippen molar-refractivity contribution in [3.63, 3.8) is 0 Å². The predicted octanol–water partition coefficient (Wildman–Crippen LogP) is 2.06. The second-order valence-corrected chi connectivity index (χ2v) is 6.33. The zero-order valence-electron chi connectivity index (χ0n) is 12.8. The van der Waals surface area contributed by atoms with Gasteiger partial charge in [0.2, 0.25) is 5.91 Å². The smallest absolute Gasteiger partial charge is 0.239 e. The summed E-state index contributed by atoms with van der Waals surface area (Å²) in [7, 11) is 0. The number of rotatable bonds is 2. The van der Waals surface area contributed by atoms with E-state index >= 15 is 0 Å². The summed E-state index contributed by atoms with van der Waals surface area (Å²) < 4.78 is 0. The molecule has 3 rings (SSSR count). The highest BCUT2D eigenvalue weighted by atomic mass is 35.5. The first-order valence-corrected chi connectivity index (χ1v) is 8.11. The second kappa shape index (κ2) is 9.19. The van der Waals surface area contributed by atoms with E-state index in [4.69, 9.17) is 0 Å². The number of hydrogen-bond acceptors (Lipinski definition) is 3. The van der Waals surface area contributed by atoms with Gasteiger partial charge >= 0.3 is 0 Å². The van der Waals surface area contributed by atoms with Gasteiger partial charge in [-0.25, -0.2) is 0 Å². The molecular formula is C15H29Cl2N3O. The van der Waals surface area contributed by atoms with E-state index in [2.05, 4.69) is 15.1 Å². The van der Waals surface area contributed by atoms with Crippen LogP contribution in [0.4, 0.5) is 0 Å². The van der Waals surface area contributed by atoms with Crippen molar-refractivity contribution in [1.82, 2.24) is 15.1 Å². The standard InChI is InChI=1S/C15H27N3O.2ClH/c19-15(14-6-2-3-8-16-14)18-11-7-13(12-18)17-9-4-1-5-10-17;;/h13-14,16H,1-12H2;2*1H. The number of halogens is 2. The van der Waals surface area contributed by atoms with E-state index in [1.807, 2.05) is 0 Å². The van der Waals surface area contributed by atoms with Crippen molar-refractivity contribution >= 4 is 30.7 Å². The van der Waals surface area contributed by atoms with Crippen molar-refractivity contribution in [2.75, 3.05) is 32.7 Å². The summed E-state index contributed by atoms with van der Waals surface area (Å²) in [5, 5.41) is 3.39. The van der Waals surface area contributed by atoms with Crippen LogP contribution in [-0.2, 0) is 4.79 Å². The van der Waals surface area contributed by atoms with E-state index in [9.17, 15) is 4.79 Å². The summed E-state index contributed by atoms with van der Waals surface area (Å²) in [6.07, 6.45) is 8.70. The lowest BCUT2D eigenvalue weighted by Crippen LogP contribution is -2.49. The highest BCUT2D eigenvalue weighted by Gasteiger charge is 2.34. The van der Waals surface area contributed by atoms with Crippen LogP contribution in [0.3, 0.4) is 0 Å². The molecule has 3 heterocycles. The Labute approximate surface area is 140 Å². The Hall–Kier alpha value is -0.0300. The minimum atomic E-state index is 0. The van der Waals surface area contributed by atoms with Crippen LogP contribution in [0.2, 0.25) is 0 Å². The molecule has 0 aromatic carbocycles. The molecule has 0 aromatic heterocycles. The first-order valence-electron chi connectivity index (χ1n) is 8.11. The lowest BCUT2D eigenvalue weighted by atomic mass is 10.0. The third-order valence-corrected chi connectivity index (χ3v) is 4.99. The van der Waals surface area contributed by atoms with Gasteiger partial charge in [0.25, 0.3) is 0 Å². The van der Waals surface area contributed by atoms with Crippen LogP contribution < -0.4 is 5.32 Å². The molecule has 3 fully saturated rings. The zero-order valence-corrected chi connectivity index (χ0v) is 14.4. The number of piperidine rings is 2. The number of carbonyl (C=O) groups is 1. The number of hydrogen-bond donors (Lipinski definition) is 1. The zero-order chi connectivity index (χ0) is 13.1. The molecule has 3 aliphatic heterocycles. The summed E-state index contributed by atoms with van der Waals surface area (Å²) in [6, 6.07) is 0.738. The molecule has 0 spiro atoms. The number of nitrogens with one attached hydrogen (secondary N) is 1. The fraction of sp³-hybridized carbons (Fsp3) is 0.933. The van der Waals surface area contributed by atoms with E-state index in [1.165, 1.54) is 51.6 Å². The topological polar surface area (TPSA) is 35.6 Å².